The molecule has 1 aliphatic carbocycles. The number of β-amino-alcohol motifs (C(OH)–C–C–N with tert-alkyl or cyclic N) is 1. The Labute approximate surface area is 132 Å². The highest BCUT2D eigenvalue weighted by Crippen LogP contribution is 2.43. The first kappa shape index (κ1) is 14.8. The number of benzene rings is 1. The first-order chi connectivity index (χ1) is 11.1. The lowest BCUT2D eigenvalue weighted by atomic mass is 10.0. The standard InChI is InChI=1S/C17H18F2N2O2/c18-12-3-4-15(19)14(5-12)16-6-13(22)9-21(16)8-11-7-20-23-17(11)10-1-2-10/h3-5,7,10,13,16,22H,1-2,6,8-9H2/t13-,16-/m0/s1. The fourth-order valence-corrected chi connectivity index (χ4v) is 3.44. The zero-order chi connectivity index (χ0) is 16.0. The highest BCUT2D eigenvalue weighted by Gasteiger charge is 2.36. The molecule has 122 valence electrons. The molecule has 2 aromatic rings. The second kappa shape index (κ2) is 5.69. The summed E-state index contributed by atoms with van der Waals surface area (Å²) in [7, 11) is 0. The van der Waals surface area contributed by atoms with Crippen LogP contribution in [0.2, 0.25) is 0 Å². The normalized spacial score (nSPS) is 25.2. The predicted octanol–water partition coefficient (Wildman–Crippen LogP) is 3.14. The summed E-state index contributed by atoms with van der Waals surface area (Å²) in [5.74, 6) is 0.420. The van der Waals surface area contributed by atoms with Gasteiger partial charge in [-0.05, 0) is 37.5 Å². The van der Waals surface area contributed by atoms with Gasteiger partial charge in [-0.15, -0.1) is 0 Å². The molecule has 1 aromatic carbocycles. The number of nitrogens with zero attached hydrogens (tertiary/aromatic N) is 2. The molecule has 0 amide bonds. The Morgan fingerprint density at radius 3 is 2.91 bits per heavy atom. The molecule has 1 saturated heterocycles. The third-order valence-electron chi connectivity index (χ3n) is 4.70. The number of rotatable bonds is 4. The largest absolute Gasteiger partial charge is 0.392 e. The van der Waals surface area contributed by atoms with Gasteiger partial charge in [0.25, 0.3) is 0 Å². The van der Waals surface area contributed by atoms with Crippen LogP contribution in [0.25, 0.3) is 0 Å². The average molecular weight is 320 g/mol. The zero-order valence-corrected chi connectivity index (χ0v) is 12.6. The van der Waals surface area contributed by atoms with Gasteiger partial charge >= 0.3 is 0 Å². The van der Waals surface area contributed by atoms with Gasteiger partial charge in [-0.3, -0.25) is 4.90 Å². The third-order valence-corrected chi connectivity index (χ3v) is 4.70. The molecule has 1 N–H and O–H groups in total. The Kier molecular flexibility index (Phi) is 3.66. The van der Waals surface area contributed by atoms with E-state index in [1.807, 2.05) is 4.90 Å². The van der Waals surface area contributed by atoms with Crippen molar-refractivity contribution in [3.05, 3.63) is 52.9 Å². The van der Waals surface area contributed by atoms with Gasteiger partial charge in [0.1, 0.15) is 17.4 Å². The predicted molar refractivity (Wildman–Crippen MR) is 78.6 cm³/mol. The van der Waals surface area contributed by atoms with Crippen LogP contribution in [-0.2, 0) is 6.54 Å². The summed E-state index contributed by atoms with van der Waals surface area (Å²) in [4.78, 5) is 1.97. The maximum absolute atomic E-state index is 14.1. The molecule has 6 heteroatoms. The van der Waals surface area contributed by atoms with E-state index in [1.165, 1.54) is 6.07 Å². The SMILES string of the molecule is O[C@H]1C[C@@H](c2cc(F)ccc2F)N(Cc2cnoc2C2CC2)C1. The molecule has 2 fully saturated rings. The van der Waals surface area contributed by atoms with E-state index in [9.17, 15) is 13.9 Å². The zero-order valence-electron chi connectivity index (χ0n) is 12.6. The number of hydrogen-bond acceptors (Lipinski definition) is 4. The lowest BCUT2D eigenvalue weighted by Gasteiger charge is -2.24. The van der Waals surface area contributed by atoms with E-state index < -0.39 is 17.7 Å². The van der Waals surface area contributed by atoms with Crippen molar-refractivity contribution in [2.24, 2.45) is 0 Å². The van der Waals surface area contributed by atoms with Crippen molar-refractivity contribution in [2.75, 3.05) is 6.54 Å². The first-order valence-electron chi connectivity index (χ1n) is 7.92. The molecule has 23 heavy (non-hydrogen) atoms. The number of hydrogen-bond donors (Lipinski definition) is 1. The van der Waals surface area contributed by atoms with Crippen LogP contribution in [0.4, 0.5) is 8.78 Å². The Hall–Kier alpha value is -1.79. The van der Waals surface area contributed by atoms with Gasteiger partial charge in [0, 0.05) is 36.2 Å². The van der Waals surface area contributed by atoms with E-state index in [2.05, 4.69) is 5.16 Å². The number of halogens is 2. The Balaban J connectivity index is 1.61. The smallest absolute Gasteiger partial charge is 0.144 e. The van der Waals surface area contributed by atoms with Crippen LogP contribution in [0.1, 0.15) is 48.1 Å². The highest BCUT2D eigenvalue weighted by atomic mass is 19.1. The van der Waals surface area contributed by atoms with Crippen LogP contribution in [-0.4, -0.2) is 27.8 Å². The molecule has 2 atom stereocenters. The number of aliphatic hydroxyl groups is 1. The summed E-state index contributed by atoms with van der Waals surface area (Å²) in [6, 6.07) is 3.13. The van der Waals surface area contributed by atoms with E-state index in [4.69, 9.17) is 4.52 Å². The fraction of sp³-hybridized carbons (Fsp3) is 0.471. The summed E-state index contributed by atoms with van der Waals surface area (Å²) < 4.78 is 33.0. The lowest BCUT2D eigenvalue weighted by Crippen LogP contribution is -2.25. The molecule has 4 nitrogen and oxygen atoms in total. The van der Waals surface area contributed by atoms with E-state index in [-0.39, 0.29) is 6.04 Å². The van der Waals surface area contributed by atoms with Crippen molar-refractivity contribution in [3.8, 4) is 0 Å². The highest BCUT2D eigenvalue weighted by molar-refractivity contribution is 5.26. The maximum atomic E-state index is 14.1. The van der Waals surface area contributed by atoms with Crippen LogP contribution in [0.3, 0.4) is 0 Å². The van der Waals surface area contributed by atoms with Gasteiger partial charge in [-0.2, -0.15) is 0 Å². The van der Waals surface area contributed by atoms with Crippen molar-refractivity contribution >= 4 is 0 Å². The van der Waals surface area contributed by atoms with E-state index >= 15 is 0 Å². The summed E-state index contributed by atoms with van der Waals surface area (Å²) in [6.45, 7) is 0.947. The van der Waals surface area contributed by atoms with Crippen molar-refractivity contribution in [2.45, 2.75) is 43.9 Å². The van der Waals surface area contributed by atoms with Crippen molar-refractivity contribution < 1.29 is 18.4 Å². The van der Waals surface area contributed by atoms with Crippen LogP contribution in [0, 0.1) is 11.6 Å². The molecule has 0 unspecified atom stereocenters. The third kappa shape index (κ3) is 2.88. The monoisotopic (exact) mass is 320 g/mol. The number of aliphatic hydroxyl groups excluding tert-OH is 1. The molecule has 2 heterocycles. The van der Waals surface area contributed by atoms with E-state index in [0.717, 1.165) is 36.3 Å². The summed E-state index contributed by atoms with van der Waals surface area (Å²) >= 11 is 0. The summed E-state index contributed by atoms with van der Waals surface area (Å²) in [5.41, 5.74) is 1.27. The molecule has 4 rings (SSSR count). The van der Waals surface area contributed by atoms with Gasteiger partial charge in [0.15, 0.2) is 0 Å². The van der Waals surface area contributed by atoms with Crippen molar-refractivity contribution in [1.29, 1.82) is 0 Å². The Bertz CT molecular complexity index is 714. The quantitative estimate of drug-likeness (QED) is 0.940. The Morgan fingerprint density at radius 1 is 1.30 bits per heavy atom. The van der Waals surface area contributed by atoms with Gasteiger partial charge in [0.2, 0.25) is 0 Å². The summed E-state index contributed by atoms with van der Waals surface area (Å²) in [6.07, 6.45) is 3.74. The molecule has 2 aliphatic rings. The van der Waals surface area contributed by atoms with Crippen molar-refractivity contribution in [1.82, 2.24) is 10.1 Å². The van der Waals surface area contributed by atoms with Gasteiger partial charge in [-0.25, -0.2) is 8.78 Å². The molecule has 1 aliphatic heterocycles. The molecule has 0 spiro atoms. The molecule has 0 bridgehead atoms. The molecule has 1 aromatic heterocycles. The van der Waals surface area contributed by atoms with Crippen molar-refractivity contribution in [3.63, 3.8) is 0 Å². The second-order valence-electron chi connectivity index (χ2n) is 6.49. The van der Waals surface area contributed by atoms with Crippen LogP contribution < -0.4 is 0 Å². The molecule has 1 saturated carbocycles. The number of aromatic nitrogens is 1. The second-order valence-corrected chi connectivity index (χ2v) is 6.49. The molecular weight excluding hydrogens is 302 g/mol. The van der Waals surface area contributed by atoms with Gasteiger partial charge in [-0.1, -0.05) is 5.16 Å². The summed E-state index contributed by atoms with van der Waals surface area (Å²) in [5, 5.41) is 13.9. The Morgan fingerprint density at radius 2 is 2.13 bits per heavy atom. The molecule has 0 radical (unpaired) electrons. The first-order valence-corrected chi connectivity index (χ1v) is 7.92. The van der Waals surface area contributed by atoms with E-state index in [0.29, 0.717) is 31.0 Å². The molecular formula is C17H18F2N2O2. The topological polar surface area (TPSA) is 49.5 Å². The fourth-order valence-electron chi connectivity index (χ4n) is 3.44. The van der Waals surface area contributed by atoms with Gasteiger partial charge in [0.05, 0.1) is 12.3 Å². The lowest BCUT2D eigenvalue weighted by molar-refractivity contribution is 0.172. The van der Waals surface area contributed by atoms with Crippen LogP contribution in [0.5, 0.6) is 0 Å². The average Bonchev–Trinajstić information content (AvgIpc) is 3.16. The van der Waals surface area contributed by atoms with Gasteiger partial charge < -0.3 is 9.63 Å². The van der Waals surface area contributed by atoms with Crippen LogP contribution >= 0.6 is 0 Å². The number of likely N-dealkylation sites (tertiary alicyclic amines) is 1. The van der Waals surface area contributed by atoms with Crippen LogP contribution in [0.15, 0.2) is 28.9 Å². The maximum Gasteiger partial charge on any atom is 0.144 e. The van der Waals surface area contributed by atoms with E-state index in [1.54, 1.807) is 6.20 Å². The minimum atomic E-state index is -0.549. The minimum absolute atomic E-state index is 0.297. The minimum Gasteiger partial charge on any atom is -0.392 e.